The highest BCUT2D eigenvalue weighted by Gasteiger charge is 2.30. The number of ether oxygens (including phenoxy) is 1. The zero-order valence-electron chi connectivity index (χ0n) is 15.5. The molecule has 2 atom stereocenters. The summed E-state index contributed by atoms with van der Waals surface area (Å²) in [5.41, 5.74) is -0.271. The first-order chi connectivity index (χ1) is 12.2. The van der Waals surface area contributed by atoms with Gasteiger partial charge in [-0.05, 0) is 18.4 Å². The molecule has 1 aromatic rings. The van der Waals surface area contributed by atoms with Gasteiger partial charge in [0.1, 0.15) is 5.54 Å². The zero-order chi connectivity index (χ0) is 19.7. The van der Waals surface area contributed by atoms with Crippen LogP contribution in [0.1, 0.15) is 45.7 Å². The summed E-state index contributed by atoms with van der Waals surface area (Å²) >= 11 is 0. The molecule has 2 amide bonds. The fraction of sp³-hybridized carbons (Fsp3) is 0.474. The normalized spacial score (nSPS) is 13.8. The Morgan fingerprint density at radius 1 is 1.23 bits per heavy atom. The second-order valence-corrected chi connectivity index (χ2v) is 6.55. The summed E-state index contributed by atoms with van der Waals surface area (Å²) in [4.78, 5) is 35.4. The molecule has 1 rings (SSSR count). The molecule has 0 aliphatic carbocycles. The van der Waals surface area contributed by atoms with E-state index in [1.165, 1.54) is 6.92 Å². The fourth-order valence-corrected chi connectivity index (χ4v) is 2.18. The third-order valence-electron chi connectivity index (χ3n) is 4.10. The number of nitriles is 1. The van der Waals surface area contributed by atoms with E-state index in [0.717, 1.165) is 5.56 Å². The van der Waals surface area contributed by atoms with Crippen LogP contribution in [-0.4, -0.2) is 29.9 Å². The lowest BCUT2D eigenvalue weighted by Gasteiger charge is -2.27. The SMILES string of the molecule is CC(=O)N[C@@H](CC(=O)OCC(=O)N[C@@](C)(C#N)C(C)C)c1ccccc1. The van der Waals surface area contributed by atoms with Crippen molar-refractivity contribution < 1.29 is 19.1 Å². The predicted molar refractivity (Wildman–Crippen MR) is 95.6 cm³/mol. The number of nitrogens with zero attached hydrogens (tertiary/aromatic N) is 1. The lowest BCUT2D eigenvalue weighted by Crippen LogP contribution is -2.50. The van der Waals surface area contributed by atoms with E-state index in [0.29, 0.717) is 0 Å². The van der Waals surface area contributed by atoms with Crippen LogP contribution in [0.4, 0.5) is 0 Å². The topological polar surface area (TPSA) is 108 Å². The summed E-state index contributed by atoms with van der Waals surface area (Å²) in [6.45, 7) is 6.12. The van der Waals surface area contributed by atoms with E-state index in [1.54, 1.807) is 31.2 Å². The van der Waals surface area contributed by atoms with E-state index in [-0.39, 0.29) is 18.2 Å². The molecule has 0 bridgehead atoms. The van der Waals surface area contributed by atoms with Crippen LogP contribution in [0, 0.1) is 17.2 Å². The molecule has 0 saturated heterocycles. The Labute approximate surface area is 153 Å². The van der Waals surface area contributed by atoms with Crippen molar-refractivity contribution in [3.63, 3.8) is 0 Å². The van der Waals surface area contributed by atoms with Gasteiger partial charge in [0.05, 0.1) is 18.5 Å². The van der Waals surface area contributed by atoms with Crippen LogP contribution in [0.5, 0.6) is 0 Å². The van der Waals surface area contributed by atoms with Crippen molar-refractivity contribution in [1.82, 2.24) is 10.6 Å². The molecular formula is C19H25N3O4. The maximum absolute atomic E-state index is 12.1. The molecule has 0 aliphatic heterocycles. The molecule has 2 N–H and O–H groups in total. The van der Waals surface area contributed by atoms with Gasteiger partial charge in [-0.25, -0.2) is 0 Å². The highest BCUT2D eigenvalue weighted by atomic mass is 16.5. The Hall–Kier alpha value is -2.88. The van der Waals surface area contributed by atoms with Gasteiger partial charge in [-0.15, -0.1) is 0 Å². The van der Waals surface area contributed by atoms with E-state index < -0.39 is 30.1 Å². The summed E-state index contributed by atoms with van der Waals surface area (Å²) in [7, 11) is 0. The van der Waals surface area contributed by atoms with E-state index in [1.807, 2.05) is 19.9 Å². The number of esters is 1. The first kappa shape index (κ1) is 21.2. The van der Waals surface area contributed by atoms with Crippen molar-refractivity contribution in [1.29, 1.82) is 5.26 Å². The smallest absolute Gasteiger partial charge is 0.308 e. The molecule has 0 fully saturated rings. The Bertz CT molecular complexity index is 682. The molecule has 0 unspecified atom stereocenters. The Balaban J connectivity index is 2.62. The van der Waals surface area contributed by atoms with Crippen molar-refractivity contribution in [2.24, 2.45) is 5.92 Å². The molecule has 1 aromatic carbocycles. The van der Waals surface area contributed by atoms with Gasteiger partial charge in [-0.3, -0.25) is 14.4 Å². The number of carbonyl (C=O) groups excluding carboxylic acids is 3. The minimum atomic E-state index is -1.04. The average Bonchev–Trinajstić information content (AvgIpc) is 2.59. The van der Waals surface area contributed by atoms with Crippen LogP contribution in [0.2, 0.25) is 0 Å². The van der Waals surface area contributed by atoms with Crippen LogP contribution < -0.4 is 10.6 Å². The Kier molecular flexibility index (Phi) is 7.78. The quantitative estimate of drug-likeness (QED) is 0.689. The molecule has 140 valence electrons. The molecule has 0 heterocycles. The minimum absolute atomic E-state index is 0.101. The second kappa shape index (κ2) is 9.56. The van der Waals surface area contributed by atoms with Gasteiger partial charge < -0.3 is 15.4 Å². The van der Waals surface area contributed by atoms with Crippen molar-refractivity contribution in [2.45, 2.75) is 45.7 Å². The number of hydrogen-bond donors (Lipinski definition) is 2. The number of rotatable bonds is 8. The van der Waals surface area contributed by atoms with E-state index in [9.17, 15) is 19.6 Å². The second-order valence-electron chi connectivity index (χ2n) is 6.55. The standard InChI is InChI=1S/C19H25N3O4/c1-13(2)19(4,12-20)22-17(24)11-26-18(25)10-16(21-14(3)23)15-8-6-5-7-9-15/h5-9,13,16H,10-11H2,1-4H3,(H,21,23)(H,22,24)/t16-,19-/m0/s1. The lowest BCUT2D eigenvalue weighted by molar-refractivity contribution is -0.149. The average molecular weight is 359 g/mol. The zero-order valence-corrected chi connectivity index (χ0v) is 15.5. The molecule has 0 spiro atoms. The molecule has 0 aromatic heterocycles. The van der Waals surface area contributed by atoms with Crippen LogP contribution >= 0.6 is 0 Å². The molecule has 0 radical (unpaired) electrons. The summed E-state index contributed by atoms with van der Waals surface area (Å²) in [6.07, 6.45) is -0.101. The molecule has 26 heavy (non-hydrogen) atoms. The van der Waals surface area contributed by atoms with Gasteiger partial charge in [0.25, 0.3) is 5.91 Å². The largest absolute Gasteiger partial charge is 0.456 e. The number of amides is 2. The van der Waals surface area contributed by atoms with Crippen LogP contribution in [0.25, 0.3) is 0 Å². The minimum Gasteiger partial charge on any atom is -0.456 e. The third-order valence-corrected chi connectivity index (χ3v) is 4.10. The lowest BCUT2D eigenvalue weighted by atomic mass is 9.90. The van der Waals surface area contributed by atoms with E-state index in [4.69, 9.17) is 4.74 Å². The first-order valence-electron chi connectivity index (χ1n) is 8.38. The van der Waals surface area contributed by atoms with Gasteiger partial charge in [0.15, 0.2) is 6.61 Å². The number of nitrogens with one attached hydrogen (secondary N) is 2. The third kappa shape index (κ3) is 6.55. The molecule has 0 aliphatic rings. The van der Waals surface area contributed by atoms with Crippen molar-refractivity contribution >= 4 is 17.8 Å². The van der Waals surface area contributed by atoms with Gasteiger partial charge in [-0.1, -0.05) is 44.2 Å². The highest BCUT2D eigenvalue weighted by molar-refractivity contribution is 5.82. The maximum atomic E-state index is 12.1. The van der Waals surface area contributed by atoms with Crippen LogP contribution in [0.15, 0.2) is 30.3 Å². The molecule has 0 saturated carbocycles. The van der Waals surface area contributed by atoms with Crippen LogP contribution in [0.3, 0.4) is 0 Å². The van der Waals surface area contributed by atoms with Gasteiger partial charge in [0.2, 0.25) is 5.91 Å². The van der Waals surface area contributed by atoms with Gasteiger partial charge >= 0.3 is 5.97 Å². The summed E-state index contributed by atoms with van der Waals surface area (Å²) in [5.74, 6) is -1.54. The number of benzene rings is 1. The summed E-state index contributed by atoms with van der Waals surface area (Å²) in [6, 6.07) is 10.5. The fourth-order valence-electron chi connectivity index (χ4n) is 2.18. The van der Waals surface area contributed by atoms with Crippen LogP contribution in [-0.2, 0) is 19.1 Å². The number of carbonyl (C=O) groups is 3. The Morgan fingerprint density at radius 3 is 2.35 bits per heavy atom. The molecule has 7 heteroatoms. The van der Waals surface area contributed by atoms with E-state index >= 15 is 0 Å². The first-order valence-corrected chi connectivity index (χ1v) is 8.38. The maximum Gasteiger partial charge on any atom is 0.308 e. The predicted octanol–water partition coefficient (Wildman–Crippen LogP) is 1.85. The Morgan fingerprint density at radius 2 is 1.85 bits per heavy atom. The van der Waals surface area contributed by atoms with Gasteiger partial charge in [-0.2, -0.15) is 5.26 Å². The molecular weight excluding hydrogens is 334 g/mol. The summed E-state index contributed by atoms with van der Waals surface area (Å²) in [5, 5.41) is 14.5. The van der Waals surface area contributed by atoms with Crippen molar-refractivity contribution in [3.8, 4) is 6.07 Å². The van der Waals surface area contributed by atoms with Crippen molar-refractivity contribution in [3.05, 3.63) is 35.9 Å². The number of hydrogen-bond acceptors (Lipinski definition) is 5. The van der Waals surface area contributed by atoms with Gasteiger partial charge in [0, 0.05) is 6.92 Å². The summed E-state index contributed by atoms with van der Waals surface area (Å²) < 4.78 is 5.00. The highest BCUT2D eigenvalue weighted by Crippen LogP contribution is 2.17. The van der Waals surface area contributed by atoms with Crippen molar-refractivity contribution in [2.75, 3.05) is 6.61 Å². The molecule has 7 nitrogen and oxygen atoms in total. The monoisotopic (exact) mass is 359 g/mol. The van der Waals surface area contributed by atoms with E-state index in [2.05, 4.69) is 16.7 Å².